The van der Waals surface area contributed by atoms with Crippen molar-refractivity contribution in [2.45, 2.75) is 70.9 Å². The molecule has 1 aliphatic carbocycles. The first kappa shape index (κ1) is 22.8. The molecule has 1 unspecified atom stereocenters. The van der Waals surface area contributed by atoms with Gasteiger partial charge in [-0.05, 0) is 50.5 Å². The summed E-state index contributed by atoms with van der Waals surface area (Å²) in [4.78, 5) is 29.1. The molecule has 32 heavy (non-hydrogen) atoms. The molecular formula is C24H35N5O3. The number of anilines is 1. The fourth-order valence-electron chi connectivity index (χ4n) is 5.29. The molecule has 1 atom stereocenters. The van der Waals surface area contributed by atoms with E-state index in [1.165, 1.54) is 5.69 Å². The molecule has 1 aromatic heterocycles. The van der Waals surface area contributed by atoms with E-state index in [-0.39, 0.29) is 24.5 Å². The Hall–Kier alpha value is -2.37. The number of hydrogen-bond donors (Lipinski definition) is 1. The number of nitrogens with zero attached hydrogens (tertiary/aromatic N) is 4. The third-order valence-corrected chi connectivity index (χ3v) is 6.96. The van der Waals surface area contributed by atoms with Crippen molar-refractivity contribution in [3.63, 3.8) is 0 Å². The van der Waals surface area contributed by atoms with Gasteiger partial charge in [-0.2, -0.15) is 5.26 Å². The van der Waals surface area contributed by atoms with Crippen LogP contribution in [0.1, 0.15) is 62.3 Å². The Balaban J connectivity index is 1.48. The fraction of sp³-hybridized carbons (Fsp3) is 0.708. The van der Waals surface area contributed by atoms with Gasteiger partial charge in [0.1, 0.15) is 11.9 Å². The van der Waals surface area contributed by atoms with Crippen LogP contribution in [0.25, 0.3) is 0 Å². The van der Waals surface area contributed by atoms with E-state index in [9.17, 15) is 14.9 Å². The lowest BCUT2D eigenvalue weighted by Crippen LogP contribution is -2.38. The number of hydrogen-bond acceptors (Lipinski definition) is 5. The van der Waals surface area contributed by atoms with Crippen molar-refractivity contribution in [1.82, 2.24) is 14.4 Å². The molecule has 2 aliphatic heterocycles. The molecular weight excluding hydrogens is 406 g/mol. The van der Waals surface area contributed by atoms with Gasteiger partial charge in [-0.15, -0.1) is 0 Å². The number of amides is 2. The van der Waals surface area contributed by atoms with Crippen LogP contribution in [-0.2, 0) is 33.7 Å². The van der Waals surface area contributed by atoms with Gasteiger partial charge < -0.3 is 19.5 Å². The van der Waals surface area contributed by atoms with E-state index >= 15 is 0 Å². The Morgan fingerprint density at radius 3 is 2.72 bits per heavy atom. The van der Waals surface area contributed by atoms with Crippen LogP contribution < -0.4 is 5.32 Å². The zero-order valence-electron chi connectivity index (χ0n) is 19.2. The van der Waals surface area contributed by atoms with Crippen molar-refractivity contribution in [2.24, 2.45) is 0 Å². The standard InChI is InChI=1S/C24H35N5O3/c1-2-23(31)28-11-6-10-27(12-13-28)17-22(30)26-24-20(15-25)19-8-3-4-9-21(19)29(24)16-18-7-5-14-32-18/h18H,2-14,16-17H2,1H3,(H,26,30). The quantitative estimate of drug-likeness (QED) is 0.732. The Bertz CT molecular complexity index is 881. The van der Waals surface area contributed by atoms with Crippen LogP contribution in [0.5, 0.6) is 0 Å². The second-order valence-corrected chi connectivity index (χ2v) is 9.13. The lowest BCUT2D eigenvalue weighted by Gasteiger charge is -2.22. The maximum atomic E-state index is 13.0. The van der Waals surface area contributed by atoms with E-state index in [0.717, 1.165) is 70.2 Å². The highest BCUT2D eigenvalue weighted by atomic mass is 16.5. The van der Waals surface area contributed by atoms with Gasteiger partial charge in [0.15, 0.2) is 0 Å². The molecule has 174 valence electrons. The Morgan fingerprint density at radius 2 is 1.97 bits per heavy atom. The van der Waals surface area contributed by atoms with Crippen molar-refractivity contribution < 1.29 is 14.3 Å². The molecule has 0 aromatic carbocycles. The Kier molecular flexibility index (Phi) is 7.48. The molecule has 0 radical (unpaired) electrons. The Labute approximate surface area is 190 Å². The first-order chi connectivity index (χ1) is 15.6. The molecule has 2 saturated heterocycles. The molecule has 3 aliphatic rings. The van der Waals surface area contributed by atoms with E-state index in [2.05, 4.69) is 20.9 Å². The highest BCUT2D eigenvalue weighted by Crippen LogP contribution is 2.34. The topological polar surface area (TPSA) is 90.6 Å². The number of nitriles is 1. The zero-order chi connectivity index (χ0) is 22.5. The third kappa shape index (κ3) is 5.00. The van der Waals surface area contributed by atoms with Gasteiger partial charge in [0.2, 0.25) is 11.8 Å². The average molecular weight is 442 g/mol. The largest absolute Gasteiger partial charge is 0.376 e. The van der Waals surface area contributed by atoms with Crippen LogP contribution in [-0.4, -0.2) is 71.6 Å². The number of fused-ring (bicyclic) bond motifs is 1. The summed E-state index contributed by atoms with van der Waals surface area (Å²) in [5, 5.41) is 13.0. The Morgan fingerprint density at radius 1 is 1.12 bits per heavy atom. The summed E-state index contributed by atoms with van der Waals surface area (Å²) < 4.78 is 8.03. The van der Waals surface area contributed by atoms with Gasteiger partial charge in [0.05, 0.1) is 24.8 Å². The summed E-state index contributed by atoms with van der Waals surface area (Å²) in [6.07, 6.45) is 7.64. The molecule has 2 amide bonds. The van der Waals surface area contributed by atoms with E-state index in [1.807, 2.05) is 11.8 Å². The molecule has 0 spiro atoms. The minimum atomic E-state index is -0.0970. The van der Waals surface area contributed by atoms with Crippen LogP contribution in [0.2, 0.25) is 0 Å². The van der Waals surface area contributed by atoms with Crippen molar-refractivity contribution in [2.75, 3.05) is 44.6 Å². The zero-order valence-corrected chi connectivity index (χ0v) is 19.2. The number of carbonyl (C=O) groups excluding carboxylic acids is 2. The van der Waals surface area contributed by atoms with E-state index in [1.54, 1.807) is 0 Å². The second kappa shape index (κ2) is 10.5. The van der Waals surface area contributed by atoms with Crippen molar-refractivity contribution in [3.8, 4) is 6.07 Å². The van der Waals surface area contributed by atoms with E-state index in [4.69, 9.17) is 4.74 Å². The first-order valence-electron chi connectivity index (χ1n) is 12.2. The smallest absolute Gasteiger partial charge is 0.239 e. The number of ether oxygens (including phenoxy) is 1. The molecule has 0 saturated carbocycles. The predicted molar refractivity (Wildman–Crippen MR) is 121 cm³/mol. The van der Waals surface area contributed by atoms with Crippen molar-refractivity contribution >= 4 is 17.6 Å². The van der Waals surface area contributed by atoms with Crippen LogP contribution >= 0.6 is 0 Å². The fourth-order valence-corrected chi connectivity index (χ4v) is 5.29. The summed E-state index contributed by atoms with van der Waals surface area (Å²) >= 11 is 0. The summed E-state index contributed by atoms with van der Waals surface area (Å²) in [6.45, 7) is 6.53. The molecule has 2 fully saturated rings. The number of nitrogens with one attached hydrogen (secondary N) is 1. The van der Waals surface area contributed by atoms with E-state index in [0.29, 0.717) is 37.4 Å². The first-order valence-corrected chi connectivity index (χ1v) is 12.2. The lowest BCUT2D eigenvalue weighted by molar-refractivity contribution is -0.130. The maximum absolute atomic E-state index is 13.0. The van der Waals surface area contributed by atoms with Gasteiger partial charge in [-0.25, -0.2) is 0 Å². The number of rotatable bonds is 6. The van der Waals surface area contributed by atoms with Crippen LogP contribution in [0.3, 0.4) is 0 Å². The van der Waals surface area contributed by atoms with Gasteiger partial charge in [-0.3, -0.25) is 14.5 Å². The molecule has 8 heteroatoms. The normalized spacial score (nSPS) is 21.6. The SMILES string of the molecule is CCC(=O)N1CCCN(CC(=O)Nc2c(C#N)c3c(n2CC2CCCO2)CCCC3)CC1. The molecule has 8 nitrogen and oxygen atoms in total. The predicted octanol–water partition coefficient (Wildman–Crippen LogP) is 2.30. The number of aromatic nitrogens is 1. The van der Waals surface area contributed by atoms with Crippen LogP contribution in [0, 0.1) is 11.3 Å². The van der Waals surface area contributed by atoms with Crippen molar-refractivity contribution in [1.29, 1.82) is 5.26 Å². The minimum absolute atomic E-state index is 0.0970. The van der Waals surface area contributed by atoms with Gasteiger partial charge in [0, 0.05) is 44.9 Å². The molecule has 1 aromatic rings. The maximum Gasteiger partial charge on any atom is 0.239 e. The summed E-state index contributed by atoms with van der Waals surface area (Å²) in [6, 6.07) is 2.38. The molecule has 0 bridgehead atoms. The summed E-state index contributed by atoms with van der Waals surface area (Å²) in [7, 11) is 0. The molecule has 1 N–H and O–H groups in total. The molecule has 3 heterocycles. The third-order valence-electron chi connectivity index (χ3n) is 6.96. The summed E-state index contributed by atoms with van der Waals surface area (Å²) in [5.74, 6) is 0.727. The second-order valence-electron chi connectivity index (χ2n) is 9.13. The molecule has 4 rings (SSSR count). The van der Waals surface area contributed by atoms with E-state index < -0.39 is 0 Å². The van der Waals surface area contributed by atoms with Crippen LogP contribution in [0.15, 0.2) is 0 Å². The van der Waals surface area contributed by atoms with Gasteiger partial charge in [0.25, 0.3) is 0 Å². The monoisotopic (exact) mass is 441 g/mol. The van der Waals surface area contributed by atoms with Crippen molar-refractivity contribution in [3.05, 3.63) is 16.8 Å². The summed E-state index contributed by atoms with van der Waals surface area (Å²) in [5.41, 5.74) is 2.93. The average Bonchev–Trinajstić information content (AvgIpc) is 3.34. The minimum Gasteiger partial charge on any atom is -0.376 e. The highest BCUT2D eigenvalue weighted by molar-refractivity contribution is 5.93. The lowest BCUT2D eigenvalue weighted by atomic mass is 9.95. The number of carbonyl (C=O) groups is 2. The van der Waals surface area contributed by atoms with Crippen LogP contribution in [0.4, 0.5) is 5.82 Å². The van der Waals surface area contributed by atoms with Gasteiger partial charge >= 0.3 is 0 Å². The van der Waals surface area contributed by atoms with Gasteiger partial charge in [-0.1, -0.05) is 6.92 Å². The highest BCUT2D eigenvalue weighted by Gasteiger charge is 2.29.